The van der Waals surface area contributed by atoms with Crippen molar-refractivity contribution in [1.29, 1.82) is 0 Å². The van der Waals surface area contributed by atoms with Gasteiger partial charge in [0.2, 0.25) is 0 Å². The first-order valence-electron chi connectivity index (χ1n) is 8.18. The van der Waals surface area contributed by atoms with Crippen LogP contribution in [-0.4, -0.2) is 24.7 Å². The number of hydrogen-bond acceptors (Lipinski definition) is 4. The van der Waals surface area contributed by atoms with E-state index in [1.807, 2.05) is 30.3 Å². The Balaban J connectivity index is 2.20. The van der Waals surface area contributed by atoms with Crippen molar-refractivity contribution in [3.63, 3.8) is 0 Å². The molecule has 1 amide bonds. The molecule has 2 aromatic carbocycles. The van der Waals surface area contributed by atoms with Crippen molar-refractivity contribution in [2.75, 3.05) is 14.2 Å². The van der Waals surface area contributed by atoms with Gasteiger partial charge in [0.25, 0.3) is 5.91 Å². The second kappa shape index (κ2) is 8.22. The second-order valence-electron chi connectivity index (χ2n) is 5.61. The van der Waals surface area contributed by atoms with Gasteiger partial charge in [-0.1, -0.05) is 30.4 Å². The molecule has 0 radical (unpaired) electrons. The van der Waals surface area contributed by atoms with E-state index >= 15 is 0 Å². The number of carbonyl (C=O) groups excluding carboxylic acids is 1. The van der Waals surface area contributed by atoms with Gasteiger partial charge in [-0.3, -0.25) is 4.79 Å². The van der Waals surface area contributed by atoms with Crippen molar-refractivity contribution >= 4 is 50.1 Å². The monoisotopic (exact) mass is 482 g/mol. The Labute approximate surface area is 169 Å². The first kappa shape index (κ1) is 18.9. The molecule has 7 heteroatoms. The van der Waals surface area contributed by atoms with Gasteiger partial charge in [0.1, 0.15) is 0 Å². The Morgan fingerprint density at radius 2 is 1.88 bits per heavy atom. The fourth-order valence-electron chi connectivity index (χ4n) is 2.70. The highest BCUT2D eigenvalue weighted by Crippen LogP contribution is 2.33. The molecule has 0 N–H and O–H groups in total. The van der Waals surface area contributed by atoms with E-state index in [0.29, 0.717) is 21.9 Å². The fraction of sp³-hybridized carbons (Fsp3) is 0.263. The van der Waals surface area contributed by atoms with Crippen LogP contribution in [0.15, 0.2) is 41.4 Å². The Morgan fingerprint density at radius 1 is 1.19 bits per heavy atom. The Kier molecular flexibility index (Phi) is 5.98. The van der Waals surface area contributed by atoms with E-state index < -0.39 is 0 Å². The van der Waals surface area contributed by atoms with Crippen molar-refractivity contribution in [1.82, 2.24) is 4.57 Å². The van der Waals surface area contributed by atoms with E-state index in [2.05, 4.69) is 39.1 Å². The first-order valence-corrected chi connectivity index (χ1v) is 10.1. The maximum Gasteiger partial charge on any atom is 0.280 e. The zero-order valence-corrected chi connectivity index (χ0v) is 17.8. The molecule has 0 aliphatic rings. The lowest BCUT2D eigenvalue weighted by atomic mass is 10.2. The average Bonchev–Trinajstić information content (AvgIpc) is 2.97. The van der Waals surface area contributed by atoms with Crippen LogP contribution in [-0.2, 0) is 6.54 Å². The molecule has 0 aliphatic carbocycles. The van der Waals surface area contributed by atoms with Crippen molar-refractivity contribution in [3.05, 3.63) is 50.3 Å². The molecule has 3 rings (SSSR count). The van der Waals surface area contributed by atoms with Crippen LogP contribution in [0.5, 0.6) is 11.5 Å². The number of nitrogens with zero attached hydrogens (tertiary/aromatic N) is 2. The molecule has 5 nitrogen and oxygen atoms in total. The number of aryl methyl sites for hydroxylation is 1. The molecule has 136 valence electrons. The quantitative estimate of drug-likeness (QED) is 0.505. The Morgan fingerprint density at radius 3 is 2.54 bits per heavy atom. The van der Waals surface area contributed by atoms with Crippen LogP contribution in [0.25, 0.3) is 10.2 Å². The molecule has 0 spiro atoms. The summed E-state index contributed by atoms with van der Waals surface area (Å²) in [4.78, 5) is 17.8. The highest BCUT2D eigenvalue weighted by molar-refractivity contribution is 14.1. The number of rotatable bonds is 5. The lowest BCUT2D eigenvalue weighted by Crippen LogP contribution is -2.17. The third kappa shape index (κ3) is 3.64. The smallest absolute Gasteiger partial charge is 0.280 e. The topological polar surface area (TPSA) is 52.8 Å². The fourth-order valence-corrected chi connectivity index (χ4v) is 4.39. The molecule has 26 heavy (non-hydrogen) atoms. The summed E-state index contributed by atoms with van der Waals surface area (Å²) >= 11 is 3.64. The molecule has 1 aromatic heterocycles. The summed E-state index contributed by atoms with van der Waals surface area (Å²) in [6.45, 7) is 2.87. The summed E-state index contributed by atoms with van der Waals surface area (Å²) in [6.07, 6.45) is 0.935. The number of amides is 1. The lowest BCUT2D eigenvalue weighted by molar-refractivity contribution is 0.0997. The minimum Gasteiger partial charge on any atom is -0.493 e. The van der Waals surface area contributed by atoms with Crippen molar-refractivity contribution in [2.24, 2.45) is 4.99 Å². The summed E-state index contributed by atoms with van der Waals surface area (Å²) in [5.74, 6) is 1.10. The lowest BCUT2D eigenvalue weighted by Gasteiger charge is -2.08. The normalized spacial score (nSPS) is 11.8. The van der Waals surface area contributed by atoms with Gasteiger partial charge >= 0.3 is 0 Å². The van der Waals surface area contributed by atoms with E-state index in [1.165, 1.54) is 11.3 Å². The van der Waals surface area contributed by atoms with Crippen molar-refractivity contribution in [2.45, 2.75) is 19.9 Å². The van der Waals surface area contributed by atoms with Crippen molar-refractivity contribution < 1.29 is 14.3 Å². The number of ether oxygens (including phenoxy) is 2. The molecule has 0 saturated heterocycles. The van der Waals surface area contributed by atoms with Gasteiger partial charge in [0.05, 0.1) is 30.0 Å². The standard InChI is InChI=1S/C19H19IN2O3S/c1-4-9-22-14-10-15(24-2)16(25-3)11-17(14)26-19(22)21-18(23)12-7-5-6-8-13(12)20/h5-8,10-11H,4,9H2,1-3H3. The first-order chi connectivity index (χ1) is 12.6. The number of methoxy groups -OCH3 is 2. The molecule has 0 unspecified atom stereocenters. The number of fused-ring (bicyclic) bond motifs is 1. The summed E-state index contributed by atoms with van der Waals surface area (Å²) in [5.41, 5.74) is 1.60. The maximum absolute atomic E-state index is 12.7. The SMILES string of the molecule is CCCn1c(=NC(=O)c2ccccc2I)sc2cc(OC)c(OC)cc21. The van der Waals surface area contributed by atoms with Crippen LogP contribution in [0.2, 0.25) is 0 Å². The largest absolute Gasteiger partial charge is 0.493 e. The van der Waals surface area contributed by atoms with E-state index in [0.717, 1.165) is 26.8 Å². The molecule has 0 atom stereocenters. The van der Waals surface area contributed by atoms with E-state index in [-0.39, 0.29) is 5.91 Å². The molecule has 1 heterocycles. The van der Waals surface area contributed by atoms with Gasteiger partial charge < -0.3 is 14.0 Å². The molecule has 0 aliphatic heterocycles. The highest BCUT2D eigenvalue weighted by Gasteiger charge is 2.14. The van der Waals surface area contributed by atoms with Crippen LogP contribution in [0, 0.1) is 3.57 Å². The third-order valence-corrected chi connectivity index (χ3v) is 5.92. The number of halogens is 1. The maximum atomic E-state index is 12.7. The zero-order valence-electron chi connectivity index (χ0n) is 14.8. The predicted molar refractivity (Wildman–Crippen MR) is 112 cm³/mol. The van der Waals surface area contributed by atoms with Gasteiger partial charge in [-0.2, -0.15) is 4.99 Å². The molecule has 0 fully saturated rings. The Bertz CT molecular complexity index is 1020. The summed E-state index contributed by atoms with van der Waals surface area (Å²) in [7, 11) is 3.23. The summed E-state index contributed by atoms with van der Waals surface area (Å²) in [6, 6.07) is 11.3. The minimum absolute atomic E-state index is 0.231. The minimum atomic E-state index is -0.231. The molecule has 0 saturated carbocycles. The van der Waals surface area contributed by atoms with Crippen LogP contribution in [0.4, 0.5) is 0 Å². The highest BCUT2D eigenvalue weighted by atomic mass is 127. The molecular weight excluding hydrogens is 463 g/mol. The molecule has 3 aromatic rings. The van der Waals surface area contributed by atoms with E-state index in [9.17, 15) is 4.79 Å². The van der Waals surface area contributed by atoms with Gasteiger partial charge in [-0.25, -0.2) is 0 Å². The van der Waals surface area contributed by atoms with Crippen LogP contribution >= 0.6 is 33.9 Å². The number of benzene rings is 2. The molecule has 0 bridgehead atoms. The second-order valence-corrected chi connectivity index (χ2v) is 7.78. The third-order valence-electron chi connectivity index (χ3n) is 3.94. The number of aromatic nitrogens is 1. The van der Waals surface area contributed by atoms with Gasteiger partial charge in [-0.05, 0) is 41.1 Å². The van der Waals surface area contributed by atoms with E-state index in [1.54, 1.807) is 20.3 Å². The molecular formula is C19H19IN2O3S. The Hall–Kier alpha value is -1.87. The van der Waals surface area contributed by atoms with Gasteiger partial charge in [-0.15, -0.1) is 0 Å². The number of hydrogen-bond donors (Lipinski definition) is 0. The summed E-state index contributed by atoms with van der Waals surface area (Å²) < 4.78 is 14.8. The van der Waals surface area contributed by atoms with Crippen LogP contribution < -0.4 is 14.3 Å². The average molecular weight is 482 g/mol. The predicted octanol–water partition coefficient (Wildman–Crippen LogP) is 4.48. The van der Waals surface area contributed by atoms with Gasteiger partial charge in [0.15, 0.2) is 16.3 Å². The number of thiazole rings is 1. The number of carbonyl (C=O) groups is 1. The van der Waals surface area contributed by atoms with Crippen molar-refractivity contribution in [3.8, 4) is 11.5 Å². The van der Waals surface area contributed by atoms with E-state index in [4.69, 9.17) is 9.47 Å². The van der Waals surface area contributed by atoms with Crippen LogP contribution in [0.3, 0.4) is 0 Å². The van der Waals surface area contributed by atoms with Gasteiger partial charge in [0, 0.05) is 22.2 Å². The summed E-state index contributed by atoms with van der Waals surface area (Å²) in [5, 5.41) is 0. The van der Waals surface area contributed by atoms with Crippen LogP contribution in [0.1, 0.15) is 23.7 Å². The zero-order chi connectivity index (χ0) is 18.7.